The minimum absolute atomic E-state index is 0.0275. The Kier molecular flexibility index (Phi) is 22.3. The molecule has 0 saturated carbocycles. The number of hydrogen-bond donors (Lipinski definition) is 14. The molecule has 0 atom stereocenters. The van der Waals surface area contributed by atoms with Gasteiger partial charge in [-0.15, -0.1) is 13.0 Å². The van der Waals surface area contributed by atoms with Crippen molar-refractivity contribution in [2.45, 2.75) is 29.4 Å². The van der Waals surface area contributed by atoms with Gasteiger partial charge in [0.1, 0.15) is 36.0 Å². The van der Waals surface area contributed by atoms with Crippen molar-refractivity contribution in [3.63, 3.8) is 0 Å². The van der Waals surface area contributed by atoms with Crippen molar-refractivity contribution in [3.8, 4) is 0 Å². The Morgan fingerprint density at radius 3 is 1.38 bits per heavy atom. The summed E-state index contributed by atoms with van der Waals surface area (Å²) < 4.78 is 118. The number of anilines is 10. The van der Waals surface area contributed by atoms with Crippen LogP contribution < -0.4 is 31.1 Å². The summed E-state index contributed by atoms with van der Waals surface area (Å²) >= 11 is 1.03. The molecule has 0 saturated heterocycles. The van der Waals surface area contributed by atoms with E-state index in [1.165, 1.54) is 36.4 Å². The molecule has 6 rings (SSSR count). The van der Waals surface area contributed by atoms with Gasteiger partial charge in [-0.25, -0.2) is 15.8 Å². The number of nitrogens with zero attached hydrogens (tertiary/aromatic N) is 8. The molecule has 38 nitrogen and oxygen atoms in total. The van der Waals surface area contributed by atoms with E-state index in [0.717, 1.165) is 48.5 Å². The zero-order valence-corrected chi connectivity index (χ0v) is 45.8. The van der Waals surface area contributed by atoms with E-state index in [1.807, 2.05) is 0 Å². The largest absolute Gasteiger partial charge is 0.480 e. The standard InChI is InChI=1S/C40H36N12O26S6/c53-31(54)15-51(16-32(55)56)39-48-36(45-37(49-39)43-25-14-24(82(64,65)66)8-9-27(25)80-77-74-62)42-22-6-4-20(30(12-22)84(70,71)72)2-1-19-3-5-21(11-28(19)81-78-75-63)41-35-46-38(50-40(47-35)52(17-33(57)58)18-34(59)60)44-26-13-23(79-76-73-61)7-10-29(26)83(67,68)69/h1-14,61-63H,15-18H2,(H,53,54)(H,55,56)(H,57,58)(H,59,60)(H,64,65,66)(H,67,68,69)(H,70,71,72)(H2,41,44,46,47,50)(H2,42,43,45,48,49). The van der Waals surface area contributed by atoms with Crippen LogP contribution in [0.25, 0.3) is 12.2 Å². The van der Waals surface area contributed by atoms with Crippen LogP contribution in [0.5, 0.6) is 0 Å². The maximum atomic E-state index is 12.9. The molecule has 2 aromatic heterocycles. The molecule has 0 aliphatic heterocycles. The highest BCUT2D eigenvalue weighted by atomic mass is 32.2. The van der Waals surface area contributed by atoms with Crippen LogP contribution in [0.2, 0.25) is 0 Å². The summed E-state index contributed by atoms with van der Waals surface area (Å²) in [6, 6.07) is 13.2. The number of aromatic nitrogens is 6. The number of carbonyl (C=O) groups is 4. The van der Waals surface area contributed by atoms with Crippen LogP contribution >= 0.6 is 36.1 Å². The number of nitrogens with one attached hydrogen (secondary N) is 4. The molecule has 448 valence electrons. The molecule has 44 heteroatoms. The molecule has 0 bridgehead atoms. The molecule has 4 aromatic carbocycles. The first-order valence-electron chi connectivity index (χ1n) is 21.7. The van der Waals surface area contributed by atoms with Crippen molar-refractivity contribution >= 4 is 161 Å². The molecule has 0 aliphatic rings. The predicted molar refractivity (Wildman–Crippen MR) is 284 cm³/mol. The SMILES string of the molecule is O=C(O)CN(CC(=O)O)c1nc(Nc2ccc(C=Cc3ccc(Nc4nc(Nc5cc(SOOO)ccc5S(=O)(=O)O)nc(N(CC(=O)O)CC(=O)O)n4)cc3SOOO)c(S(=O)(=O)O)c2)nc(Nc2cc(S(=O)(=O)O)ccc2SOOO)n1. The molecule has 0 unspecified atom stereocenters. The van der Waals surface area contributed by atoms with Gasteiger partial charge < -0.3 is 51.5 Å². The zero-order valence-electron chi connectivity index (χ0n) is 40.9. The van der Waals surface area contributed by atoms with E-state index in [4.69, 9.17) is 15.8 Å². The highest BCUT2D eigenvalue weighted by molar-refractivity contribution is 7.95. The number of hydrogen-bond acceptors (Lipinski definition) is 34. The minimum Gasteiger partial charge on any atom is -0.480 e. The second-order valence-electron chi connectivity index (χ2n) is 15.6. The van der Waals surface area contributed by atoms with Gasteiger partial charge in [0.25, 0.3) is 30.4 Å². The average Bonchev–Trinajstić information content (AvgIpc) is 2.37. The topological polar surface area (TPSA) is 560 Å². The Morgan fingerprint density at radius 1 is 0.464 bits per heavy atom. The number of benzene rings is 4. The second-order valence-corrected chi connectivity index (χ2v) is 22.1. The van der Waals surface area contributed by atoms with Crippen LogP contribution in [-0.2, 0) is 77.6 Å². The molecule has 0 amide bonds. The zero-order chi connectivity index (χ0) is 61.5. The summed E-state index contributed by atoms with van der Waals surface area (Å²) in [6.45, 7) is -4.03. The fraction of sp³-hybridized carbons (Fsp3) is 0.100. The molecule has 0 aliphatic carbocycles. The van der Waals surface area contributed by atoms with Crippen molar-refractivity contribution in [3.05, 3.63) is 83.9 Å². The van der Waals surface area contributed by atoms with Crippen LogP contribution in [0.3, 0.4) is 0 Å². The molecule has 0 spiro atoms. The predicted octanol–water partition coefficient (Wildman–Crippen LogP) is 4.18. The number of rotatable bonds is 32. The van der Waals surface area contributed by atoms with Crippen LogP contribution in [0.1, 0.15) is 11.1 Å². The third kappa shape index (κ3) is 19.1. The van der Waals surface area contributed by atoms with E-state index in [-0.39, 0.29) is 42.9 Å². The lowest BCUT2D eigenvalue weighted by Gasteiger charge is -2.20. The fourth-order valence-electron chi connectivity index (χ4n) is 6.64. The van der Waals surface area contributed by atoms with Gasteiger partial charge in [0, 0.05) is 21.2 Å². The fourth-order valence-corrected chi connectivity index (χ4v) is 9.82. The van der Waals surface area contributed by atoms with E-state index >= 15 is 0 Å². The first kappa shape index (κ1) is 64.9. The second kappa shape index (κ2) is 28.8. The number of carboxylic acids is 4. The normalized spacial score (nSPS) is 11.7. The molecule has 0 fully saturated rings. The molecule has 84 heavy (non-hydrogen) atoms. The first-order valence-corrected chi connectivity index (χ1v) is 28.2. The van der Waals surface area contributed by atoms with E-state index < -0.39 is 136 Å². The van der Waals surface area contributed by atoms with E-state index in [0.29, 0.717) is 45.9 Å². The van der Waals surface area contributed by atoms with Gasteiger partial charge in [0.05, 0.1) is 57.3 Å². The lowest BCUT2D eigenvalue weighted by atomic mass is 10.1. The van der Waals surface area contributed by atoms with Crippen molar-refractivity contribution in [2.24, 2.45) is 0 Å². The third-order valence-corrected chi connectivity index (χ3v) is 14.4. The summed E-state index contributed by atoms with van der Waals surface area (Å²) in [5, 5.41) is 86.1. The van der Waals surface area contributed by atoms with Gasteiger partial charge in [-0.1, -0.05) is 39.4 Å². The number of carboxylic acid groups (broad SMARTS) is 4. The Balaban J connectivity index is 1.38. The summed E-state index contributed by atoms with van der Waals surface area (Å²) in [7, 11) is -15.0. The van der Waals surface area contributed by atoms with Gasteiger partial charge in [-0.2, -0.15) is 55.2 Å². The molecule has 6 aromatic rings. The Morgan fingerprint density at radius 2 is 0.905 bits per heavy atom. The Labute approximate surface area is 481 Å². The molecular weight excluding hydrogens is 1260 g/mol. The summed E-state index contributed by atoms with van der Waals surface area (Å²) in [6.07, 6.45) is 2.45. The lowest BCUT2D eigenvalue weighted by molar-refractivity contribution is -0.432. The van der Waals surface area contributed by atoms with Gasteiger partial charge in [0.15, 0.2) is 0 Å². The van der Waals surface area contributed by atoms with Crippen molar-refractivity contribution in [2.75, 3.05) is 57.2 Å². The summed E-state index contributed by atoms with van der Waals surface area (Å²) in [5.74, 6) is -9.68. The third-order valence-electron chi connectivity index (χ3n) is 9.82. The van der Waals surface area contributed by atoms with Crippen LogP contribution in [0.4, 0.5) is 58.4 Å². The van der Waals surface area contributed by atoms with Crippen LogP contribution in [0, 0.1) is 0 Å². The average molecular weight is 1290 g/mol. The van der Waals surface area contributed by atoms with Crippen molar-refractivity contribution in [1.82, 2.24) is 29.9 Å². The highest BCUT2D eigenvalue weighted by Crippen LogP contribution is 2.36. The number of aliphatic carboxylic acids is 4. The van der Waals surface area contributed by atoms with E-state index in [1.54, 1.807) is 0 Å². The smallest absolute Gasteiger partial charge is 0.323 e. The monoisotopic (exact) mass is 1290 g/mol. The Bertz CT molecular complexity index is 3800. The summed E-state index contributed by atoms with van der Waals surface area (Å²) in [4.78, 5) is 70.9. The first-order chi connectivity index (χ1) is 39.6. The van der Waals surface area contributed by atoms with Gasteiger partial charge in [0.2, 0.25) is 35.7 Å². The highest BCUT2D eigenvalue weighted by Gasteiger charge is 2.25. The van der Waals surface area contributed by atoms with Crippen molar-refractivity contribution in [1.29, 1.82) is 0 Å². The summed E-state index contributed by atoms with van der Waals surface area (Å²) in [5.41, 5.74) is -0.986. The quantitative estimate of drug-likeness (QED) is 0.00926. The van der Waals surface area contributed by atoms with Crippen LogP contribution in [0.15, 0.2) is 102 Å². The van der Waals surface area contributed by atoms with E-state index in [9.17, 15) is 78.5 Å². The van der Waals surface area contributed by atoms with Gasteiger partial charge in [-0.05, 0) is 71.8 Å². The van der Waals surface area contributed by atoms with Gasteiger partial charge in [-0.3, -0.25) is 32.8 Å². The maximum Gasteiger partial charge on any atom is 0.323 e. The molecular formula is C40H36N12O26S6. The maximum absolute atomic E-state index is 12.9. The minimum atomic E-state index is -5.16. The molecule has 2 heterocycles. The van der Waals surface area contributed by atoms with Crippen molar-refractivity contribution < 1.29 is 122 Å². The lowest BCUT2D eigenvalue weighted by Crippen LogP contribution is -2.36. The Hall–Kier alpha value is -8.26. The van der Waals surface area contributed by atoms with Gasteiger partial charge >= 0.3 is 23.9 Å². The van der Waals surface area contributed by atoms with E-state index in [2.05, 4.69) is 79.3 Å². The molecule has 14 N–H and O–H groups in total. The van der Waals surface area contributed by atoms with Crippen LogP contribution in [-0.4, -0.2) is 155 Å². The molecule has 0 radical (unpaired) electrons.